The predicted octanol–water partition coefficient (Wildman–Crippen LogP) is 2.88. The molecule has 0 unspecified atom stereocenters. The number of fused-ring (bicyclic) bond motifs is 1. The Balaban J connectivity index is 1.64. The molecule has 0 saturated carbocycles. The molecule has 0 bridgehead atoms. The number of aromatic nitrogens is 4. The number of nitrogens with zero attached hydrogens (tertiary/aromatic N) is 4. The van der Waals surface area contributed by atoms with Crippen LogP contribution in [0.5, 0.6) is 0 Å². The van der Waals surface area contributed by atoms with Crippen LogP contribution in [0.1, 0.15) is 0 Å². The van der Waals surface area contributed by atoms with Crippen molar-refractivity contribution in [3.63, 3.8) is 0 Å². The van der Waals surface area contributed by atoms with Crippen molar-refractivity contribution in [2.45, 2.75) is 16.3 Å². The van der Waals surface area contributed by atoms with Gasteiger partial charge in [-0.1, -0.05) is 42.1 Å². The molecular weight excluding hydrogens is 438 g/mol. The zero-order chi connectivity index (χ0) is 22.1. The first kappa shape index (κ1) is 21.0. The molecule has 0 aliphatic carbocycles. The SMILES string of the molecule is Cn1c(=O)c2c(nc(Cl)n2CC(=O)Nc2ccccc2Sc2ccccc2)n(C)c1=O. The zero-order valence-corrected chi connectivity index (χ0v) is 18.3. The van der Waals surface area contributed by atoms with Gasteiger partial charge in [-0.3, -0.25) is 23.3 Å². The quantitative estimate of drug-likeness (QED) is 0.467. The molecule has 158 valence electrons. The molecule has 10 heteroatoms. The normalized spacial score (nSPS) is 11.1. The second-order valence-corrected chi connectivity index (χ2v) is 8.26. The Bertz CT molecular complexity index is 1410. The first-order valence-corrected chi connectivity index (χ1v) is 10.5. The van der Waals surface area contributed by atoms with Crippen molar-refractivity contribution in [2.75, 3.05) is 5.32 Å². The fraction of sp³-hybridized carbons (Fsp3) is 0.143. The highest BCUT2D eigenvalue weighted by Crippen LogP contribution is 2.33. The number of rotatable bonds is 5. The minimum atomic E-state index is -0.565. The third-order valence-electron chi connectivity index (χ3n) is 4.74. The first-order valence-electron chi connectivity index (χ1n) is 9.30. The number of carbonyl (C=O) groups excluding carboxylic acids is 1. The van der Waals surface area contributed by atoms with E-state index in [2.05, 4.69) is 10.3 Å². The Labute approximate surface area is 186 Å². The molecule has 4 aromatic rings. The predicted molar refractivity (Wildman–Crippen MR) is 121 cm³/mol. The van der Waals surface area contributed by atoms with E-state index in [9.17, 15) is 14.4 Å². The number of benzene rings is 2. The van der Waals surface area contributed by atoms with Crippen LogP contribution in [0.4, 0.5) is 5.69 Å². The Kier molecular flexibility index (Phi) is 5.71. The van der Waals surface area contributed by atoms with Gasteiger partial charge in [-0.05, 0) is 35.9 Å². The number of anilines is 1. The summed E-state index contributed by atoms with van der Waals surface area (Å²) in [6.07, 6.45) is 0. The maximum absolute atomic E-state index is 12.8. The standard InChI is InChI=1S/C21H18ClN5O3S/c1-25-18-17(19(29)26(2)21(25)30)27(20(22)24-18)12-16(28)23-14-10-6-7-11-15(14)31-13-8-4-3-5-9-13/h3-11H,12H2,1-2H3,(H,23,28). The van der Waals surface area contributed by atoms with Gasteiger partial charge in [-0.25, -0.2) is 4.79 Å². The highest BCUT2D eigenvalue weighted by Gasteiger charge is 2.20. The third kappa shape index (κ3) is 4.01. The van der Waals surface area contributed by atoms with Crippen LogP contribution in [0.2, 0.25) is 5.28 Å². The molecule has 0 atom stereocenters. The molecule has 1 N–H and O–H groups in total. The van der Waals surface area contributed by atoms with Crippen molar-refractivity contribution in [2.24, 2.45) is 14.1 Å². The van der Waals surface area contributed by atoms with Crippen LogP contribution < -0.4 is 16.6 Å². The molecule has 2 aromatic heterocycles. The number of carbonyl (C=O) groups is 1. The van der Waals surface area contributed by atoms with E-state index in [1.54, 1.807) is 6.07 Å². The van der Waals surface area contributed by atoms with E-state index in [1.807, 2.05) is 48.5 Å². The molecule has 0 fully saturated rings. The van der Waals surface area contributed by atoms with Crippen LogP contribution in [0.25, 0.3) is 11.2 Å². The van der Waals surface area contributed by atoms with E-state index in [4.69, 9.17) is 11.6 Å². The molecule has 2 aromatic carbocycles. The van der Waals surface area contributed by atoms with Crippen molar-refractivity contribution in [1.29, 1.82) is 0 Å². The van der Waals surface area contributed by atoms with Gasteiger partial charge in [0.25, 0.3) is 5.56 Å². The number of nitrogens with one attached hydrogen (secondary N) is 1. The van der Waals surface area contributed by atoms with Crippen molar-refractivity contribution in [1.82, 2.24) is 18.7 Å². The van der Waals surface area contributed by atoms with Gasteiger partial charge < -0.3 is 5.32 Å². The van der Waals surface area contributed by atoms with E-state index in [0.29, 0.717) is 5.69 Å². The smallest absolute Gasteiger partial charge is 0.324 e. The summed E-state index contributed by atoms with van der Waals surface area (Å²) in [5.74, 6) is -0.377. The fourth-order valence-corrected chi connectivity index (χ4v) is 4.32. The number of para-hydroxylation sites is 1. The lowest BCUT2D eigenvalue weighted by Gasteiger charge is -2.12. The molecule has 8 nitrogen and oxygen atoms in total. The van der Waals surface area contributed by atoms with Crippen molar-refractivity contribution < 1.29 is 4.79 Å². The summed E-state index contributed by atoms with van der Waals surface area (Å²) in [5.41, 5.74) is -0.217. The molecular formula is C21H18ClN5O3S. The van der Waals surface area contributed by atoms with Crippen molar-refractivity contribution >= 4 is 46.1 Å². The van der Waals surface area contributed by atoms with Gasteiger partial charge in [-0.2, -0.15) is 4.98 Å². The van der Waals surface area contributed by atoms with Gasteiger partial charge in [0.1, 0.15) is 6.54 Å². The number of amides is 1. The van der Waals surface area contributed by atoms with E-state index >= 15 is 0 Å². The van der Waals surface area contributed by atoms with E-state index < -0.39 is 11.2 Å². The second kappa shape index (κ2) is 8.44. The lowest BCUT2D eigenvalue weighted by molar-refractivity contribution is -0.116. The van der Waals surface area contributed by atoms with Crippen LogP contribution >= 0.6 is 23.4 Å². The van der Waals surface area contributed by atoms with Crippen LogP contribution in [0, 0.1) is 0 Å². The van der Waals surface area contributed by atoms with Gasteiger partial charge in [0.2, 0.25) is 11.2 Å². The lowest BCUT2D eigenvalue weighted by atomic mass is 10.3. The van der Waals surface area contributed by atoms with Crippen LogP contribution in [0.15, 0.2) is 74.0 Å². The Morgan fingerprint density at radius 2 is 1.71 bits per heavy atom. The Morgan fingerprint density at radius 1 is 1.03 bits per heavy atom. The largest absolute Gasteiger partial charge is 0.332 e. The number of aryl methyl sites for hydroxylation is 1. The van der Waals surface area contributed by atoms with Gasteiger partial charge in [0.15, 0.2) is 11.2 Å². The zero-order valence-electron chi connectivity index (χ0n) is 16.7. The maximum atomic E-state index is 12.8. The first-order chi connectivity index (χ1) is 14.9. The molecule has 0 spiro atoms. The molecule has 1 amide bonds. The molecule has 2 heterocycles. The Hall–Kier alpha value is -3.30. The number of hydrogen-bond donors (Lipinski definition) is 1. The highest BCUT2D eigenvalue weighted by molar-refractivity contribution is 7.99. The summed E-state index contributed by atoms with van der Waals surface area (Å²) in [5, 5.41) is 2.83. The van der Waals surface area contributed by atoms with E-state index in [1.165, 1.54) is 35.0 Å². The minimum Gasteiger partial charge on any atom is -0.324 e. The average molecular weight is 456 g/mol. The molecule has 0 saturated heterocycles. The summed E-state index contributed by atoms with van der Waals surface area (Å²) in [6.45, 7) is -0.229. The second-order valence-electron chi connectivity index (χ2n) is 6.80. The number of imidazole rings is 1. The summed E-state index contributed by atoms with van der Waals surface area (Å²) in [6, 6.07) is 17.3. The van der Waals surface area contributed by atoms with E-state index in [-0.39, 0.29) is 28.9 Å². The monoisotopic (exact) mass is 455 g/mol. The minimum absolute atomic E-state index is 0.0459. The van der Waals surface area contributed by atoms with Gasteiger partial charge >= 0.3 is 5.69 Å². The Morgan fingerprint density at radius 3 is 2.45 bits per heavy atom. The highest BCUT2D eigenvalue weighted by atomic mass is 35.5. The fourth-order valence-electron chi connectivity index (χ4n) is 3.17. The maximum Gasteiger partial charge on any atom is 0.332 e. The van der Waals surface area contributed by atoms with Gasteiger partial charge in [0.05, 0.1) is 5.69 Å². The van der Waals surface area contributed by atoms with Crippen LogP contribution in [0.3, 0.4) is 0 Å². The summed E-state index contributed by atoms with van der Waals surface area (Å²) in [4.78, 5) is 43.6. The number of halogens is 1. The third-order valence-corrected chi connectivity index (χ3v) is 6.11. The number of hydrogen-bond acceptors (Lipinski definition) is 5. The molecule has 4 rings (SSSR count). The van der Waals surface area contributed by atoms with E-state index in [0.717, 1.165) is 14.4 Å². The van der Waals surface area contributed by atoms with Crippen molar-refractivity contribution in [3.8, 4) is 0 Å². The summed E-state index contributed by atoms with van der Waals surface area (Å²) >= 11 is 7.73. The molecule has 0 aliphatic heterocycles. The van der Waals surface area contributed by atoms with Crippen LogP contribution in [-0.4, -0.2) is 24.6 Å². The molecule has 0 radical (unpaired) electrons. The van der Waals surface area contributed by atoms with Crippen LogP contribution in [-0.2, 0) is 25.4 Å². The van der Waals surface area contributed by atoms with Gasteiger partial charge in [0, 0.05) is 23.9 Å². The molecule has 0 aliphatic rings. The topological polar surface area (TPSA) is 90.9 Å². The average Bonchev–Trinajstić information content (AvgIpc) is 3.09. The molecule has 31 heavy (non-hydrogen) atoms. The summed E-state index contributed by atoms with van der Waals surface area (Å²) in [7, 11) is 2.86. The summed E-state index contributed by atoms with van der Waals surface area (Å²) < 4.78 is 3.49. The van der Waals surface area contributed by atoms with Crippen molar-refractivity contribution in [3.05, 3.63) is 80.7 Å². The van der Waals surface area contributed by atoms with Gasteiger partial charge in [-0.15, -0.1) is 0 Å². The lowest BCUT2D eigenvalue weighted by Crippen LogP contribution is -2.37.